The van der Waals surface area contributed by atoms with Crippen molar-refractivity contribution in [2.75, 3.05) is 5.32 Å². The molecule has 4 nitrogen and oxygen atoms in total. The van der Waals surface area contributed by atoms with E-state index in [-0.39, 0.29) is 5.91 Å². The predicted molar refractivity (Wildman–Crippen MR) is 89.3 cm³/mol. The molecule has 3 N–H and O–H groups in total. The third-order valence-corrected chi connectivity index (χ3v) is 3.83. The van der Waals surface area contributed by atoms with Crippen molar-refractivity contribution >= 4 is 33.4 Å². The lowest BCUT2D eigenvalue weighted by Crippen LogP contribution is -2.11. The first kappa shape index (κ1) is 12.7. The van der Waals surface area contributed by atoms with Gasteiger partial charge < -0.3 is 15.3 Å². The van der Waals surface area contributed by atoms with E-state index in [1.54, 1.807) is 0 Å². The van der Waals surface area contributed by atoms with Gasteiger partial charge in [-0.2, -0.15) is 0 Å². The first-order valence-corrected chi connectivity index (χ1v) is 7.17. The number of rotatable bonds is 2. The van der Waals surface area contributed by atoms with Gasteiger partial charge in [0.25, 0.3) is 5.91 Å². The van der Waals surface area contributed by atoms with E-state index in [1.165, 1.54) is 0 Å². The molecule has 0 spiro atoms. The van der Waals surface area contributed by atoms with E-state index in [2.05, 4.69) is 21.4 Å². The number of H-pyrrole nitrogens is 2. The normalized spacial score (nSPS) is 11.1. The van der Waals surface area contributed by atoms with Crippen molar-refractivity contribution in [1.82, 2.24) is 9.97 Å². The number of nitrogens with one attached hydrogen (secondary N) is 3. The van der Waals surface area contributed by atoms with Crippen LogP contribution >= 0.6 is 0 Å². The number of hydrogen-bond acceptors (Lipinski definition) is 1. The summed E-state index contributed by atoms with van der Waals surface area (Å²) in [7, 11) is 0. The maximum Gasteiger partial charge on any atom is 0.255 e. The van der Waals surface area contributed by atoms with Crippen LogP contribution in [-0.2, 0) is 0 Å². The lowest BCUT2D eigenvalue weighted by Gasteiger charge is -2.06. The molecule has 0 radical (unpaired) electrons. The van der Waals surface area contributed by atoms with Crippen LogP contribution in [0, 0.1) is 6.92 Å². The zero-order valence-corrected chi connectivity index (χ0v) is 12.1. The molecule has 2 heterocycles. The Balaban J connectivity index is 1.64. The Kier molecular flexibility index (Phi) is 2.76. The van der Waals surface area contributed by atoms with Gasteiger partial charge in [-0.3, -0.25) is 4.79 Å². The van der Waals surface area contributed by atoms with Crippen LogP contribution in [0.5, 0.6) is 0 Å². The minimum absolute atomic E-state index is 0.108. The van der Waals surface area contributed by atoms with E-state index in [9.17, 15) is 4.79 Å². The molecular formula is C18H15N3O. The molecule has 2 aromatic carbocycles. The number of aromatic amines is 2. The third-order valence-electron chi connectivity index (χ3n) is 3.83. The molecule has 4 rings (SSSR count). The molecular weight excluding hydrogens is 274 g/mol. The molecule has 0 atom stereocenters. The second-order valence-electron chi connectivity index (χ2n) is 5.49. The van der Waals surface area contributed by atoms with Gasteiger partial charge in [0, 0.05) is 39.6 Å². The number of hydrogen-bond donors (Lipinski definition) is 3. The first-order chi connectivity index (χ1) is 10.7. The van der Waals surface area contributed by atoms with Crippen LogP contribution in [0.25, 0.3) is 21.8 Å². The van der Waals surface area contributed by atoms with Crippen LogP contribution in [0.2, 0.25) is 0 Å². The Morgan fingerprint density at radius 2 is 1.86 bits per heavy atom. The lowest BCUT2D eigenvalue weighted by molar-refractivity contribution is 0.102. The highest BCUT2D eigenvalue weighted by atomic mass is 16.1. The maximum absolute atomic E-state index is 12.4. The Hall–Kier alpha value is -3.01. The van der Waals surface area contributed by atoms with Crippen molar-refractivity contribution in [3.8, 4) is 0 Å². The SMILES string of the molecule is Cc1cc2cc(NC(=O)c3ccc4cc[nH]c4c3)ccc2[nH]1. The quantitative estimate of drug-likeness (QED) is 0.508. The van der Waals surface area contributed by atoms with Crippen LogP contribution in [0.1, 0.15) is 16.1 Å². The second-order valence-corrected chi connectivity index (χ2v) is 5.49. The average molecular weight is 289 g/mol. The molecule has 4 heteroatoms. The summed E-state index contributed by atoms with van der Waals surface area (Å²) in [5.41, 5.74) is 4.58. The van der Waals surface area contributed by atoms with Gasteiger partial charge >= 0.3 is 0 Å². The molecule has 4 aromatic rings. The molecule has 0 aliphatic heterocycles. The largest absolute Gasteiger partial charge is 0.361 e. The van der Waals surface area contributed by atoms with Gasteiger partial charge in [0.2, 0.25) is 0 Å². The van der Waals surface area contributed by atoms with Crippen molar-refractivity contribution in [1.29, 1.82) is 0 Å². The minimum Gasteiger partial charge on any atom is -0.361 e. The summed E-state index contributed by atoms with van der Waals surface area (Å²) in [6.07, 6.45) is 1.87. The van der Waals surface area contributed by atoms with Crippen molar-refractivity contribution in [3.05, 3.63) is 66.0 Å². The number of anilines is 1. The number of aromatic nitrogens is 2. The predicted octanol–water partition coefficient (Wildman–Crippen LogP) is 4.21. The van der Waals surface area contributed by atoms with Gasteiger partial charge in [-0.1, -0.05) is 6.07 Å². The third kappa shape index (κ3) is 2.15. The van der Waals surface area contributed by atoms with E-state index < -0.39 is 0 Å². The summed E-state index contributed by atoms with van der Waals surface area (Å²) >= 11 is 0. The number of amides is 1. The molecule has 0 aliphatic carbocycles. The van der Waals surface area contributed by atoms with Crippen molar-refractivity contribution in [3.63, 3.8) is 0 Å². The van der Waals surface area contributed by atoms with Gasteiger partial charge in [-0.15, -0.1) is 0 Å². The van der Waals surface area contributed by atoms with Gasteiger partial charge in [-0.05, 0) is 54.8 Å². The van der Waals surface area contributed by atoms with Gasteiger partial charge in [-0.25, -0.2) is 0 Å². The summed E-state index contributed by atoms with van der Waals surface area (Å²) in [5, 5.41) is 5.14. The molecule has 0 aliphatic rings. The Morgan fingerprint density at radius 3 is 2.77 bits per heavy atom. The van der Waals surface area contributed by atoms with Crippen LogP contribution < -0.4 is 5.32 Å². The average Bonchev–Trinajstić information content (AvgIpc) is 3.10. The number of fused-ring (bicyclic) bond motifs is 2. The van der Waals surface area contributed by atoms with Gasteiger partial charge in [0.15, 0.2) is 0 Å². The Bertz CT molecular complexity index is 994. The summed E-state index contributed by atoms with van der Waals surface area (Å²) in [6.45, 7) is 2.02. The van der Waals surface area contributed by atoms with Gasteiger partial charge in [0.1, 0.15) is 0 Å². The topological polar surface area (TPSA) is 60.7 Å². The highest BCUT2D eigenvalue weighted by Crippen LogP contribution is 2.21. The smallest absolute Gasteiger partial charge is 0.255 e. The second kappa shape index (κ2) is 4.77. The van der Waals surface area contributed by atoms with E-state index in [0.29, 0.717) is 5.56 Å². The molecule has 0 fully saturated rings. The molecule has 0 unspecified atom stereocenters. The minimum atomic E-state index is -0.108. The highest BCUT2D eigenvalue weighted by Gasteiger charge is 2.08. The molecule has 2 aromatic heterocycles. The lowest BCUT2D eigenvalue weighted by atomic mass is 10.1. The zero-order chi connectivity index (χ0) is 15.1. The van der Waals surface area contributed by atoms with Crippen LogP contribution in [0.3, 0.4) is 0 Å². The number of carbonyl (C=O) groups is 1. The molecule has 0 saturated carbocycles. The summed E-state index contributed by atoms with van der Waals surface area (Å²) in [5.74, 6) is -0.108. The van der Waals surface area contributed by atoms with Crippen LogP contribution in [0.4, 0.5) is 5.69 Å². The number of benzene rings is 2. The molecule has 22 heavy (non-hydrogen) atoms. The number of carbonyl (C=O) groups excluding carboxylic acids is 1. The number of aryl methyl sites for hydroxylation is 1. The highest BCUT2D eigenvalue weighted by molar-refractivity contribution is 6.06. The van der Waals surface area contributed by atoms with E-state index in [1.807, 2.05) is 55.6 Å². The Morgan fingerprint density at radius 1 is 0.955 bits per heavy atom. The molecule has 0 bridgehead atoms. The monoisotopic (exact) mass is 289 g/mol. The zero-order valence-electron chi connectivity index (χ0n) is 12.1. The van der Waals surface area contributed by atoms with Crippen molar-refractivity contribution in [2.24, 2.45) is 0 Å². The van der Waals surface area contributed by atoms with Crippen molar-refractivity contribution < 1.29 is 4.79 Å². The van der Waals surface area contributed by atoms with Gasteiger partial charge in [0.05, 0.1) is 0 Å². The summed E-state index contributed by atoms with van der Waals surface area (Å²) < 4.78 is 0. The van der Waals surface area contributed by atoms with E-state index in [0.717, 1.165) is 33.2 Å². The van der Waals surface area contributed by atoms with Crippen LogP contribution in [0.15, 0.2) is 54.7 Å². The Labute approximate surface area is 127 Å². The molecule has 0 saturated heterocycles. The van der Waals surface area contributed by atoms with E-state index >= 15 is 0 Å². The standard InChI is InChI=1S/C18H15N3O/c1-11-8-14-9-15(4-5-16(14)20-11)21-18(22)13-3-2-12-6-7-19-17(12)10-13/h2-10,19-20H,1H3,(H,21,22). The van der Waals surface area contributed by atoms with E-state index in [4.69, 9.17) is 0 Å². The first-order valence-electron chi connectivity index (χ1n) is 7.17. The summed E-state index contributed by atoms with van der Waals surface area (Å²) in [4.78, 5) is 18.8. The molecule has 1 amide bonds. The van der Waals surface area contributed by atoms with Crippen molar-refractivity contribution in [2.45, 2.75) is 6.92 Å². The fraction of sp³-hybridized carbons (Fsp3) is 0.0556. The summed E-state index contributed by atoms with van der Waals surface area (Å²) in [6, 6.07) is 15.6. The van der Waals surface area contributed by atoms with Crippen LogP contribution in [-0.4, -0.2) is 15.9 Å². The fourth-order valence-corrected chi connectivity index (χ4v) is 2.75. The molecule has 108 valence electrons. The maximum atomic E-state index is 12.4. The fourth-order valence-electron chi connectivity index (χ4n) is 2.75.